The van der Waals surface area contributed by atoms with Crippen LogP contribution in [0.25, 0.3) is 0 Å². The minimum atomic E-state index is -0.585. The molecule has 0 saturated heterocycles. The number of hydrogen-bond acceptors (Lipinski definition) is 3. The van der Waals surface area contributed by atoms with Crippen LogP contribution in [0.4, 0.5) is 14.5 Å². The molecule has 0 spiro atoms. The van der Waals surface area contributed by atoms with Gasteiger partial charge < -0.3 is 5.32 Å². The molecule has 2 rings (SSSR count). The fourth-order valence-electron chi connectivity index (χ4n) is 1.91. The molecular formula is C13H16F2N2S. The van der Waals surface area contributed by atoms with E-state index in [1.54, 1.807) is 11.8 Å². The van der Waals surface area contributed by atoms with E-state index in [-0.39, 0.29) is 5.54 Å². The van der Waals surface area contributed by atoms with Gasteiger partial charge in [-0.25, -0.2) is 8.78 Å². The molecule has 1 aromatic carbocycles. The van der Waals surface area contributed by atoms with Crippen molar-refractivity contribution in [1.29, 1.82) is 0 Å². The molecule has 0 fully saturated rings. The van der Waals surface area contributed by atoms with E-state index in [2.05, 4.69) is 24.2 Å². The molecular weight excluding hydrogens is 254 g/mol. The van der Waals surface area contributed by atoms with E-state index in [0.717, 1.165) is 29.8 Å². The van der Waals surface area contributed by atoms with E-state index < -0.39 is 11.6 Å². The molecule has 1 aliphatic rings. The Labute approximate surface area is 110 Å². The summed E-state index contributed by atoms with van der Waals surface area (Å²) in [4.78, 5) is 4.63. The minimum absolute atomic E-state index is 0.0289. The average Bonchev–Trinajstić information content (AvgIpc) is 2.72. The van der Waals surface area contributed by atoms with Crippen LogP contribution in [0, 0.1) is 11.6 Å². The summed E-state index contributed by atoms with van der Waals surface area (Å²) in [6, 6.07) is 3.39. The summed E-state index contributed by atoms with van der Waals surface area (Å²) in [5.74, 6) is -0.253. The van der Waals surface area contributed by atoms with Crippen LogP contribution in [0.3, 0.4) is 0 Å². The lowest BCUT2D eigenvalue weighted by atomic mass is 9.97. The van der Waals surface area contributed by atoms with E-state index in [1.807, 2.05) is 0 Å². The fourth-order valence-corrected chi connectivity index (χ4v) is 3.23. The van der Waals surface area contributed by atoms with Gasteiger partial charge in [0.1, 0.15) is 11.6 Å². The summed E-state index contributed by atoms with van der Waals surface area (Å²) in [6.07, 6.45) is 1.94. The first kappa shape index (κ1) is 13.3. The quantitative estimate of drug-likeness (QED) is 0.896. The summed E-state index contributed by atoms with van der Waals surface area (Å²) in [5, 5.41) is 3.72. The van der Waals surface area contributed by atoms with Gasteiger partial charge in [-0.2, -0.15) is 0 Å². The maximum Gasteiger partial charge on any atom is 0.161 e. The van der Waals surface area contributed by atoms with Crippen molar-refractivity contribution in [2.24, 2.45) is 4.99 Å². The Bertz CT molecular complexity index is 450. The van der Waals surface area contributed by atoms with Gasteiger partial charge in [0.15, 0.2) is 5.17 Å². The summed E-state index contributed by atoms with van der Waals surface area (Å²) in [6.45, 7) is 4.22. The highest BCUT2D eigenvalue weighted by atomic mass is 32.2. The van der Waals surface area contributed by atoms with E-state index in [0.29, 0.717) is 5.69 Å². The molecule has 1 aliphatic heterocycles. The third-order valence-electron chi connectivity index (χ3n) is 3.25. The van der Waals surface area contributed by atoms with Crippen molar-refractivity contribution in [2.75, 3.05) is 11.1 Å². The van der Waals surface area contributed by atoms with Crippen LogP contribution < -0.4 is 5.32 Å². The molecule has 0 aliphatic carbocycles. The Balaban J connectivity index is 2.15. The molecule has 1 aromatic rings. The summed E-state index contributed by atoms with van der Waals surface area (Å²) >= 11 is 1.60. The SMILES string of the molecule is CCC1(CC)CSC(Nc2cc(F)cc(F)c2)=N1. The predicted octanol–water partition coefficient (Wildman–Crippen LogP) is 4.04. The van der Waals surface area contributed by atoms with Crippen LogP contribution in [0.1, 0.15) is 26.7 Å². The van der Waals surface area contributed by atoms with Crippen molar-refractivity contribution >= 4 is 22.6 Å². The number of nitrogens with zero attached hydrogens (tertiary/aromatic N) is 1. The van der Waals surface area contributed by atoms with E-state index in [9.17, 15) is 8.78 Å². The van der Waals surface area contributed by atoms with Gasteiger partial charge in [0, 0.05) is 17.5 Å². The number of benzene rings is 1. The molecule has 2 nitrogen and oxygen atoms in total. The lowest BCUT2D eigenvalue weighted by Crippen LogP contribution is -2.24. The molecule has 0 bridgehead atoms. The van der Waals surface area contributed by atoms with E-state index in [1.165, 1.54) is 12.1 Å². The first-order valence-electron chi connectivity index (χ1n) is 6.02. The van der Waals surface area contributed by atoms with Gasteiger partial charge in [0.25, 0.3) is 0 Å². The summed E-state index contributed by atoms with van der Waals surface area (Å²) < 4.78 is 26.1. The Hall–Kier alpha value is -1.10. The number of amidine groups is 1. The monoisotopic (exact) mass is 270 g/mol. The topological polar surface area (TPSA) is 24.4 Å². The average molecular weight is 270 g/mol. The molecule has 0 amide bonds. The van der Waals surface area contributed by atoms with Crippen molar-refractivity contribution in [1.82, 2.24) is 0 Å². The van der Waals surface area contributed by atoms with Crippen LogP contribution >= 0.6 is 11.8 Å². The zero-order valence-corrected chi connectivity index (χ0v) is 11.3. The normalized spacial score (nSPS) is 17.7. The molecule has 98 valence electrons. The zero-order valence-electron chi connectivity index (χ0n) is 10.5. The zero-order chi connectivity index (χ0) is 13.2. The van der Waals surface area contributed by atoms with Crippen LogP contribution in [-0.4, -0.2) is 16.5 Å². The molecule has 1 N–H and O–H groups in total. The second-order valence-electron chi connectivity index (χ2n) is 4.42. The number of thioether (sulfide) groups is 1. The highest BCUT2D eigenvalue weighted by Crippen LogP contribution is 2.33. The van der Waals surface area contributed by atoms with Crippen LogP contribution in [-0.2, 0) is 0 Å². The van der Waals surface area contributed by atoms with Crippen LogP contribution in [0.15, 0.2) is 23.2 Å². The number of anilines is 1. The third kappa shape index (κ3) is 2.83. The molecule has 18 heavy (non-hydrogen) atoms. The van der Waals surface area contributed by atoms with Crippen molar-refractivity contribution in [3.63, 3.8) is 0 Å². The van der Waals surface area contributed by atoms with Gasteiger partial charge in [-0.1, -0.05) is 25.6 Å². The summed E-state index contributed by atoms with van der Waals surface area (Å²) in [5.41, 5.74) is 0.376. The maximum absolute atomic E-state index is 13.1. The van der Waals surface area contributed by atoms with Gasteiger partial charge in [-0.15, -0.1) is 0 Å². The second-order valence-corrected chi connectivity index (χ2v) is 5.38. The number of nitrogens with one attached hydrogen (secondary N) is 1. The lowest BCUT2D eigenvalue weighted by Gasteiger charge is -2.20. The highest BCUT2D eigenvalue weighted by Gasteiger charge is 2.32. The Morgan fingerprint density at radius 1 is 1.22 bits per heavy atom. The fraction of sp³-hybridized carbons (Fsp3) is 0.462. The standard InChI is InChI=1S/C13H16F2N2S/c1-3-13(4-2)8-18-12(17-13)16-11-6-9(14)5-10(15)7-11/h5-7H,3-4,8H2,1-2H3,(H,16,17). The Morgan fingerprint density at radius 3 is 2.33 bits per heavy atom. The van der Waals surface area contributed by atoms with E-state index in [4.69, 9.17) is 0 Å². The predicted molar refractivity (Wildman–Crippen MR) is 73.2 cm³/mol. The van der Waals surface area contributed by atoms with Crippen molar-refractivity contribution in [2.45, 2.75) is 32.2 Å². The summed E-state index contributed by atoms with van der Waals surface area (Å²) in [7, 11) is 0. The molecule has 0 unspecified atom stereocenters. The number of rotatable bonds is 3. The maximum atomic E-state index is 13.1. The third-order valence-corrected chi connectivity index (χ3v) is 4.39. The largest absolute Gasteiger partial charge is 0.335 e. The van der Waals surface area contributed by atoms with Crippen LogP contribution in [0.5, 0.6) is 0 Å². The second kappa shape index (κ2) is 5.26. The molecule has 0 saturated carbocycles. The number of aliphatic imine (C=N–C) groups is 1. The van der Waals surface area contributed by atoms with Gasteiger partial charge in [0.05, 0.1) is 5.54 Å². The first-order valence-corrected chi connectivity index (χ1v) is 7.01. The van der Waals surface area contributed by atoms with Crippen LogP contribution in [0.2, 0.25) is 0 Å². The lowest BCUT2D eigenvalue weighted by molar-refractivity contribution is 0.456. The van der Waals surface area contributed by atoms with Crippen molar-refractivity contribution in [3.05, 3.63) is 29.8 Å². The first-order chi connectivity index (χ1) is 8.57. The minimum Gasteiger partial charge on any atom is -0.335 e. The van der Waals surface area contributed by atoms with Gasteiger partial charge in [-0.05, 0) is 25.0 Å². The number of halogens is 2. The Morgan fingerprint density at radius 2 is 1.83 bits per heavy atom. The molecule has 5 heteroatoms. The van der Waals surface area contributed by atoms with Gasteiger partial charge >= 0.3 is 0 Å². The molecule has 0 atom stereocenters. The molecule has 0 aromatic heterocycles. The van der Waals surface area contributed by atoms with Crippen molar-refractivity contribution in [3.8, 4) is 0 Å². The number of hydrogen-bond donors (Lipinski definition) is 1. The van der Waals surface area contributed by atoms with E-state index >= 15 is 0 Å². The molecule has 0 radical (unpaired) electrons. The smallest absolute Gasteiger partial charge is 0.161 e. The van der Waals surface area contributed by atoms with Gasteiger partial charge in [0.2, 0.25) is 0 Å². The van der Waals surface area contributed by atoms with Crippen molar-refractivity contribution < 1.29 is 8.78 Å². The van der Waals surface area contributed by atoms with Gasteiger partial charge in [-0.3, -0.25) is 4.99 Å². The molecule has 1 heterocycles. The Kier molecular flexibility index (Phi) is 3.90. The highest BCUT2D eigenvalue weighted by molar-refractivity contribution is 8.14.